The van der Waals surface area contributed by atoms with Crippen molar-refractivity contribution in [3.8, 4) is 0 Å². The third-order valence-electron chi connectivity index (χ3n) is 3.44. The van der Waals surface area contributed by atoms with Crippen molar-refractivity contribution in [1.29, 1.82) is 0 Å². The normalized spacial score (nSPS) is 11.7. The van der Waals surface area contributed by atoms with Crippen LogP contribution in [0.4, 0.5) is 0 Å². The maximum atomic E-state index is 5.98. The molecular formula is C15H31IN6S. The van der Waals surface area contributed by atoms with Crippen LogP contribution in [0.2, 0.25) is 0 Å². The van der Waals surface area contributed by atoms with Crippen LogP contribution in [0.5, 0.6) is 0 Å². The maximum Gasteiger partial charge on any atom is 0.191 e. The Hall–Kier alpha value is -0.510. The smallest absolute Gasteiger partial charge is 0.191 e. The number of hydrogen-bond acceptors (Lipinski definition) is 4. The minimum Gasteiger partial charge on any atom is -0.370 e. The largest absolute Gasteiger partial charge is 0.370 e. The minimum atomic E-state index is 0. The lowest BCUT2D eigenvalue weighted by Gasteiger charge is -2.19. The van der Waals surface area contributed by atoms with Gasteiger partial charge < -0.3 is 15.2 Å². The summed E-state index contributed by atoms with van der Waals surface area (Å²) in [4.78, 5) is 6.52. The molecule has 0 aromatic carbocycles. The standard InChI is InChI=1S/C15H30N6S.HI/c1-6-20(7-2)14(16)17-10-8-9-13-18-19-15(22-5)21(13)11-12(3)4;/h12H,6-11H2,1-5H3,(H2,16,17);1H. The van der Waals surface area contributed by atoms with Gasteiger partial charge in [-0.1, -0.05) is 25.6 Å². The zero-order valence-electron chi connectivity index (χ0n) is 14.9. The van der Waals surface area contributed by atoms with Crippen LogP contribution in [0.1, 0.15) is 39.9 Å². The van der Waals surface area contributed by atoms with Gasteiger partial charge in [0.25, 0.3) is 0 Å². The van der Waals surface area contributed by atoms with Crippen LogP contribution >= 0.6 is 35.7 Å². The Kier molecular flexibility index (Phi) is 11.7. The number of aromatic nitrogens is 3. The lowest BCUT2D eigenvalue weighted by molar-refractivity contribution is 0.457. The van der Waals surface area contributed by atoms with E-state index in [-0.39, 0.29) is 24.0 Å². The van der Waals surface area contributed by atoms with Crippen molar-refractivity contribution >= 4 is 41.7 Å². The molecule has 1 aromatic heterocycles. The van der Waals surface area contributed by atoms with Gasteiger partial charge in [0.05, 0.1) is 0 Å². The van der Waals surface area contributed by atoms with Gasteiger partial charge in [-0.25, -0.2) is 0 Å². The van der Waals surface area contributed by atoms with Gasteiger partial charge in [0, 0.05) is 32.6 Å². The number of halogens is 1. The van der Waals surface area contributed by atoms with Crippen LogP contribution in [-0.4, -0.2) is 51.5 Å². The van der Waals surface area contributed by atoms with E-state index in [1.165, 1.54) is 0 Å². The molecule has 0 saturated heterocycles. The van der Waals surface area contributed by atoms with Gasteiger partial charge in [-0.05, 0) is 32.4 Å². The first-order valence-electron chi connectivity index (χ1n) is 8.04. The average molecular weight is 454 g/mol. The first kappa shape index (κ1) is 22.5. The summed E-state index contributed by atoms with van der Waals surface area (Å²) in [5, 5.41) is 9.58. The molecule has 0 radical (unpaired) electrons. The first-order chi connectivity index (χ1) is 10.5. The van der Waals surface area contributed by atoms with E-state index in [0.29, 0.717) is 11.9 Å². The quantitative estimate of drug-likeness (QED) is 0.204. The van der Waals surface area contributed by atoms with Crippen LogP contribution in [0.15, 0.2) is 10.1 Å². The Balaban J connectivity index is 0.00000484. The van der Waals surface area contributed by atoms with E-state index in [0.717, 1.165) is 50.0 Å². The summed E-state index contributed by atoms with van der Waals surface area (Å²) >= 11 is 1.65. The zero-order valence-corrected chi connectivity index (χ0v) is 18.1. The molecule has 134 valence electrons. The lowest BCUT2D eigenvalue weighted by Crippen LogP contribution is -2.37. The molecule has 0 aliphatic carbocycles. The van der Waals surface area contributed by atoms with Crippen LogP contribution in [-0.2, 0) is 13.0 Å². The van der Waals surface area contributed by atoms with Crippen molar-refractivity contribution in [3.63, 3.8) is 0 Å². The molecule has 0 aliphatic heterocycles. The molecule has 0 atom stereocenters. The molecule has 1 rings (SSSR count). The van der Waals surface area contributed by atoms with Crippen LogP contribution in [0, 0.1) is 5.92 Å². The summed E-state index contributed by atoms with van der Waals surface area (Å²) in [5.41, 5.74) is 5.98. The number of aryl methyl sites for hydroxylation is 1. The third-order valence-corrected chi connectivity index (χ3v) is 4.11. The Morgan fingerprint density at radius 1 is 1.30 bits per heavy atom. The molecular weight excluding hydrogens is 423 g/mol. The van der Waals surface area contributed by atoms with Gasteiger partial charge in [-0.3, -0.25) is 4.99 Å². The Morgan fingerprint density at radius 2 is 1.96 bits per heavy atom. The van der Waals surface area contributed by atoms with Crippen molar-refractivity contribution in [3.05, 3.63) is 5.82 Å². The Bertz CT molecular complexity index is 471. The molecule has 0 aliphatic rings. The van der Waals surface area contributed by atoms with Crippen LogP contribution in [0.25, 0.3) is 0 Å². The molecule has 0 amide bonds. The SMILES string of the molecule is CCN(CC)C(N)=NCCCc1nnc(SC)n1CC(C)C.I. The Labute approximate surface area is 161 Å². The highest BCUT2D eigenvalue weighted by atomic mass is 127. The molecule has 0 fully saturated rings. The molecule has 1 aromatic rings. The zero-order chi connectivity index (χ0) is 16.5. The Morgan fingerprint density at radius 3 is 2.48 bits per heavy atom. The number of nitrogens with two attached hydrogens (primary N) is 1. The van der Waals surface area contributed by atoms with E-state index >= 15 is 0 Å². The molecule has 1 heterocycles. The minimum absolute atomic E-state index is 0. The van der Waals surface area contributed by atoms with Crippen molar-refractivity contribution in [2.75, 3.05) is 25.9 Å². The number of guanidine groups is 1. The van der Waals surface area contributed by atoms with Gasteiger partial charge in [-0.2, -0.15) is 0 Å². The predicted octanol–water partition coefficient (Wildman–Crippen LogP) is 2.86. The second-order valence-corrected chi connectivity index (χ2v) is 6.40. The topological polar surface area (TPSA) is 72.3 Å². The fourth-order valence-corrected chi connectivity index (χ4v) is 2.80. The highest BCUT2D eigenvalue weighted by molar-refractivity contribution is 14.0. The van der Waals surface area contributed by atoms with E-state index in [1.54, 1.807) is 11.8 Å². The molecule has 23 heavy (non-hydrogen) atoms. The molecule has 2 N–H and O–H groups in total. The van der Waals surface area contributed by atoms with Crippen LogP contribution < -0.4 is 5.73 Å². The number of hydrogen-bond donors (Lipinski definition) is 1. The summed E-state index contributed by atoms with van der Waals surface area (Å²) < 4.78 is 2.23. The van der Waals surface area contributed by atoms with Gasteiger partial charge in [0.2, 0.25) is 0 Å². The second kappa shape index (κ2) is 11.9. The van der Waals surface area contributed by atoms with Gasteiger partial charge in [0.15, 0.2) is 11.1 Å². The van der Waals surface area contributed by atoms with Gasteiger partial charge in [0.1, 0.15) is 5.82 Å². The fraction of sp³-hybridized carbons (Fsp3) is 0.800. The van der Waals surface area contributed by atoms with E-state index in [4.69, 9.17) is 5.73 Å². The number of thioether (sulfide) groups is 1. The van der Waals surface area contributed by atoms with E-state index in [1.807, 2.05) is 6.26 Å². The number of aliphatic imine (C=N–C) groups is 1. The molecule has 0 unspecified atom stereocenters. The number of nitrogens with zero attached hydrogens (tertiary/aromatic N) is 5. The summed E-state index contributed by atoms with van der Waals surface area (Å²) in [6.07, 6.45) is 3.86. The van der Waals surface area contributed by atoms with E-state index in [2.05, 4.69) is 52.4 Å². The van der Waals surface area contributed by atoms with E-state index in [9.17, 15) is 0 Å². The molecule has 6 nitrogen and oxygen atoms in total. The average Bonchev–Trinajstić information content (AvgIpc) is 2.86. The van der Waals surface area contributed by atoms with Crippen LogP contribution in [0.3, 0.4) is 0 Å². The van der Waals surface area contributed by atoms with Crippen molar-refractivity contribution in [2.24, 2.45) is 16.6 Å². The first-order valence-corrected chi connectivity index (χ1v) is 9.26. The molecule has 0 bridgehead atoms. The van der Waals surface area contributed by atoms with Crippen molar-refractivity contribution < 1.29 is 0 Å². The highest BCUT2D eigenvalue weighted by Crippen LogP contribution is 2.16. The van der Waals surface area contributed by atoms with Gasteiger partial charge >= 0.3 is 0 Å². The van der Waals surface area contributed by atoms with Crippen molar-refractivity contribution in [2.45, 2.75) is 52.2 Å². The van der Waals surface area contributed by atoms with Gasteiger partial charge in [-0.15, -0.1) is 34.2 Å². The highest BCUT2D eigenvalue weighted by Gasteiger charge is 2.12. The number of rotatable bonds is 9. The monoisotopic (exact) mass is 454 g/mol. The summed E-state index contributed by atoms with van der Waals surface area (Å²) in [7, 11) is 0. The van der Waals surface area contributed by atoms with Crippen molar-refractivity contribution in [1.82, 2.24) is 19.7 Å². The summed E-state index contributed by atoms with van der Waals surface area (Å²) in [5.74, 6) is 2.27. The lowest BCUT2D eigenvalue weighted by atomic mass is 10.2. The molecule has 0 saturated carbocycles. The molecule has 0 spiro atoms. The summed E-state index contributed by atoms with van der Waals surface area (Å²) in [6, 6.07) is 0. The maximum absolute atomic E-state index is 5.98. The van der Waals surface area contributed by atoms with E-state index < -0.39 is 0 Å². The third kappa shape index (κ3) is 7.28. The summed E-state index contributed by atoms with van der Waals surface area (Å²) in [6.45, 7) is 12.1. The molecule has 8 heteroatoms. The fourth-order valence-electron chi connectivity index (χ4n) is 2.28. The second-order valence-electron chi connectivity index (χ2n) is 5.62. The predicted molar refractivity (Wildman–Crippen MR) is 110 cm³/mol.